The molecule has 1 fully saturated rings. The summed E-state index contributed by atoms with van der Waals surface area (Å²) in [5.74, 6) is 0.725. The van der Waals surface area contributed by atoms with Crippen LogP contribution in [0, 0.1) is 5.92 Å². The molecule has 0 bridgehead atoms. The SMILES string of the molecule is CC(C1CCCC1)n1cncc1C=O. The van der Waals surface area contributed by atoms with Gasteiger partial charge in [-0.05, 0) is 25.7 Å². The van der Waals surface area contributed by atoms with Crippen molar-refractivity contribution in [1.82, 2.24) is 9.55 Å². The van der Waals surface area contributed by atoms with Crippen LogP contribution in [0.15, 0.2) is 12.5 Å². The lowest BCUT2D eigenvalue weighted by Gasteiger charge is -2.21. The van der Waals surface area contributed by atoms with E-state index in [1.807, 2.05) is 4.57 Å². The minimum atomic E-state index is 0.417. The van der Waals surface area contributed by atoms with Crippen molar-refractivity contribution >= 4 is 6.29 Å². The lowest BCUT2D eigenvalue weighted by atomic mass is 9.99. The van der Waals surface area contributed by atoms with Crippen LogP contribution in [0.3, 0.4) is 0 Å². The molecule has 76 valence electrons. The molecule has 0 amide bonds. The Bertz CT molecular complexity index is 313. The maximum Gasteiger partial charge on any atom is 0.168 e. The summed E-state index contributed by atoms with van der Waals surface area (Å²) >= 11 is 0. The number of hydrogen-bond donors (Lipinski definition) is 0. The number of aromatic nitrogens is 2. The quantitative estimate of drug-likeness (QED) is 0.689. The van der Waals surface area contributed by atoms with Crippen molar-refractivity contribution in [1.29, 1.82) is 0 Å². The minimum absolute atomic E-state index is 0.417. The standard InChI is InChI=1S/C11H16N2O/c1-9(10-4-2-3-5-10)13-8-12-6-11(13)7-14/h6-10H,2-5H2,1H3. The Hall–Kier alpha value is -1.12. The predicted molar refractivity (Wildman–Crippen MR) is 54.3 cm³/mol. The van der Waals surface area contributed by atoms with Gasteiger partial charge in [0.2, 0.25) is 0 Å². The number of aldehydes is 1. The fourth-order valence-electron chi connectivity index (χ4n) is 2.41. The molecule has 2 rings (SSSR count). The van der Waals surface area contributed by atoms with Gasteiger partial charge in [0.1, 0.15) is 5.69 Å². The predicted octanol–water partition coefficient (Wildman–Crippen LogP) is 2.45. The van der Waals surface area contributed by atoms with E-state index in [0.717, 1.165) is 12.2 Å². The largest absolute Gasteiger partial charge is 0.325 e. The summed E-state index contributed by atoms with van der Waals surface area (Å²) < 4.78 is 2.00. The first-order valence-electron chi connectivity index (χ1n) is 5.30. The molecular formula is C11H16N2O. The molecule has 1 aromatic heterocycles. The van der Waals surface area contributed by atoms with E-state index in [1.54, 1.807) is 12.5 Å². The summed E-state index contributed by atoms with van der Waals surface area (Å²) in [6.07, 6.45) is 9.54. The minimum Gasteiger partial charge on any atom is -0.325 e. The van der Waals surface area contributed by atoms with Gasteiger partial charge in [-0.3, -0.25) is 4.79 Å². The summed E-state index contributed by atoms with van der Waals surface area (Å²) in [5, 5.41) is 0. The topological polar surface area (TPSA) is 34.9 Å². The summed E-state index contributed by atoms with van der Waals surface area (Å²) in [6.45, 7) is 2.19. The normalized spacial score (nSPS) is 19.8. The lowest BCUT2D eigenvalue weighted by Crippen LogP contribution is -2.15. The highest BCUT2D eigenvalue weighted by atomic mass is 16.1. The second kappa shape index (κ2) is 3.95. The highest BCUT2D eigenvalue weighted by Gasteiger charge is 2.23. The highest BCUT2D eigenvalue weighted by Crippen LogP contribution is 2.34. The monoisotopic (exact) mass is 192 g/mol. The Morgan fingerprint density at radius 3 is 2.93 bits per heavy atom. The summed E-state index contributed by atoms with van der Waals surface area (Å²) in [4.78, 5) is 14.8. The number of nitrogens with zero attached hydrogens (tertiary/aromatic N) is 2. The van der Waals surface area contributed by atoms with Crippen LogP contribution in [0.25, 0.3) is 0 Å². The summed E-state index contributed by atoms with van der Waals surface area (Å²) in [5.41, 5.74) is 0.699. The molecule has 1 heterocycles. The Morgan fingerprint density at radius 1 is 1.57 bits per heavy atom. The fourth-order valence-corrected chi connectivity index (χ4v) is 2.41. The van der Waals surface area contributed by atoms with Crippen LogP contribution in [-0.2, 0) is 0 Å². The molecule has 0 aromatic carbocycles. The molecule has 1 aromatic rings. The third-order valence-electron chi connectivity index (χ3n) is 3.34. The third-order valence-corrected chi connectivity index (χ3v) is 3.34. The number of carbonyl (C=O) groups is 1. The first-order valence-corrected chi connectivity index (χ1v) is 5.30. The average Bonchev–Trinajstić information content (AvgIpc) is 2.87. The van der Waals surface area contributed by atoms with E-state index in [1.165, 1.54) is 25.7 Å². The molecule has 0 saturated heterocycles. The van der Waals surface area contributed by atoms with E-state index in [-0.39, 0.29) is 0 Å². The lowest BCUT2D eigenvalue weighted by molar-refractivity contribution is 0.111. The van der Waals surface area contributed by atoms with Crippen molar-refractivity contribution in [2.45, 2.75) is 38.6 Å². The van der Waals surface area contributed by atoms with Crippen LogP contribution >= 0.6 is 0 Å². The molecule has 3 heteroatoms. The number of rotatable bonds is 3. The zero-order valence-corrected chi connectivity index (χ0v) is 8.52. The molecule has 1 aliphatic rings. The zero-order chi connectivity index (χ0) is 9.97. The van der Waals surface area contributed by atoms with Gasteiger partial charge in [-0.1, -0.05) is 12.8 Å². The molecule has 1 aliphatic carbocycles. The third kappa shape index (κ3) is 1.59. The second-order valence-electron chi connectivity index (χ2n) is 4.13. The molecule has 14 heavy (non-hydrogen) atoms. The maximum absolute atomic E-state index is 10.7. The molecule has 1 unspecified atom stereocenters. The Balaban J connectivity index is 2.16. The van der Waals surface area contributed by atoms with Crippen molar-refractivity contribution < 1.29 is 4.79 Å². The highest BCUT2D eigenvalue weighted by molar-refractivity contribution is 5.71. The van der Waals surface area contributed by atoms with Crippen LogP contribution in [-0.4, -0.2) is 15.8 Å². The molecule has 0 aliphatic heterocycles. The molecule has 3 nitrogen and oxygen atoms in total. The van der Waals surface area contributed by atoms with Gasteiger partial charge in [-0.25, -0.2) is 4.98 Å². The zero-order valence-electron chi connectivity index (χ0n) is 8.52. The van der Waals surface area contributed by atoms with E-state index in [9.17, 15) is 4.79 Å². The van der Waals surface area contributed by atoms with E-state index in [0.29, 0.717) is 11.7 Å². The fraction of sp³-hybridized carbons (Fsp3) is 0.636. The van der Waals surface area contributed by atoms with Crippen molar-refractivity contribution in [3.05, 3.63) is 18.2 Å². The van der Waals surface area contributed by atoms with Crippen LogP contribution in [0.5, 0.6) is 0 Å². The maximum atomic E-state index is 10.7. The van der Waals surface area contributed by atoms with Gasteiger partial charge < -0.3 is 4.57 Å². The van der Waals surface area contributed by atoms with E-state index in [4.69, 9.17) is 0 Å². The average molecular weight is 192 g/mol. The van der Waals surface area contributed by atoms with Crippen LogP contribution < -0.4 is 0 Å². The number of hydrogen-bond acceptors (Lipinski definition) is 2. The van der Waals surface area contributed by atoms with Crippen molar-refractivity contribution in [2.24, 2.45) is 5.92 Å². The van der Waals surface area contributed by atoms with Gasteiger partial charge in [-0.15, -0.1) is 0 Å². The van der Waals surface area contributed by atoms with E-state index < -0.39 is 0 Å². The first kappa shape index (κ1) is 9.44. The van der Waals surface area contributed by atoms with E-state index in [2.05, 4.69) is 11.9 Å². The number of imidazole rings is 1. The van der Waals surface area contributed by atoms with Gasteiger partial charge in [-0.2, -0.15) is 0 Å². The van der Waals surface area contributed by atoms with Gasteiger partial charge in [0.15, 0.2) is 6.29 Å². The van der Waals surface area contributed by atoms with Gasteiger partial charge >= 0.3 is 0 Å². The van der Waals surface area contributed by atoms with E-state index >= 15 is 0 Å². The smallest absolute Gasteiger partial charge is 0.168 e. The Labute approximate surface area is 84.1 Å². The number of carbonyl (C=O) groups excluding carboxylic acids is 1. The molecular weight excluding hydrogens is 176 g/mol. The van der Waals surface area contributed by atoms with Gasteiger partial charge in [0.05, 0.1) is 12.5 Å². The van der Waals surface area contributed by atoms with Crippen LogP contribution in [0.1, 0.15) is 49.1 Å². The van der Waals surface area contributed by atoms with Gasteiger partial charge in [0, 0.05) is 6.04 Å². The van der Waals surface area contributed by atoms with Crippen molar-refractivity contribution in [2.75, 3.05) is 0 Å². The van der Waals surface area contributed by atoms with Crippen molar-refractivity contribution in [3.63, 3.8) is 0 Å². The van der Waals surface area contributed by atoms with Gasteiger partial charge in [0.25, 0.3) is 0 Å². The van der Waals surface area contributed by atoms with Crippen molar-refractivity contribution in [3.8, 4) is 0 Å². The summed E-state index contributed by atoms with van der Waals surface area (Å²) in [7, 11) is 0. The molecule has 0 N–H and O–H groups in total. The molecule has 0 radical (unpaired) electrons. The Kier molecular flexibility index (Phi) is 2.66. The second-order valence-corrected chi connectivity index (χ2v) is 4.13. The molecule has 1 atom stereocenters. The van der Waals surface area contributed by atoms with Crippen LogP contribution in [0.2, 0.25) is 0 Å². The molecule has 1 saturated carbocycles. The molecule has 0 spiro atoms. The Morgan fingerprint density at radius 2 is 2.29 bits per heavy atom. The van der Waals surface area contributed by atoms with Crippen LogP contribution in [0.4, 0.5) is 0 Å². The first-order chi connectivity index (χ1) is 6.83. The summed E-state index contributed by atoms with van der Waals surface area (Å²) in [6, 6.07) is 0.417.